The third-order valence-corrected chi connectivity index (χ3v) is 5.43. The van der Waals surface area contributed by atoms with E-state index in [4.69, 9.17) is 5.73 Å². The molecule has 0 bridgehead atoms. The van der Waals surface area contributed by atoms with Crippen molar-refractivity contribution < 1.29 is 23.9 Å². The number of hydrogen-bond donors (Lipinski definition) is 2. The molecular formula is C22H19FN6O4. The molecule has 2 heterocycles. The number of aryl methyl sites for hydroxylation is 2. The van der Waals surface area contributed by atoms with Crippen LogP contribution < -0.4 is 10.6 Å². The highest BCUT2D eigenvalue weighted by Crippen LogP contribution is 2.39. The van der Waals surface area contributed by atoms with E-state index in [0.29, 0.717) is 11.1 Å². The highest BCUT2D eigenvalue weighted by molar-refractivity contribution is 6.06. The number of rotatable bonds is 5. The van der Waals surface area contributed by atoms with E-state index in [-0.39, 0.29) is 34.6 Å². The smallest absolute Gasteiger partial charge is 0.333 e. The number of nitrogens with two attached hydrogens (primary N) is 1. The Morgan fingerprint density at radius 3 is 2.48 bits per heavy atom. The van der Waals surface area contributed by atoms with Crippen LogP contribution in [0.5, 0.6) is 0 Å². The van der Waals surface area contributed by atoms with Crippen molar-refractivity contribution in [2.45, 2.75) is 19.3 Å². The van der Waals surface area contributed by atoms with Crippen LogP contribution in [0.25, 0.3) is 11.4 Å². The average molecular weight is 450 g/mol. The molecule has 0 unspecified atom stereocenters. The molecule has 1 aromatic heterocycles. The van der Waals surface area contributed by atoms with E-state index in [9.17, 15) is 23.9 Å². The van der Waals surface area contributed by atoms with E-state index >= 15 is 0 Å². The van der Waals surface area contributed by atoms with Crippen molar-refractivity contribution in [2.24, 2.45) is 12.8 Å². The number of anilines is 1. The number of primary amides is 1. The second kappa shape index (κ2) is 8.26. The summed E-state index contributed by atoms with van der Waals surface area (Å²) in [6.45, 7) is 1.65. The second-order valence-corrected chi connectivity index (χ2v) is 7.61. The van der Waals surface area contributed by atoms with Crippen molar-refractivity contribution in [3.8, 4) is 11.4 Å². The van der Waals surface area contributed by atoms with Crippen LogP contribution in [0.15, 0.2) is 48.2 Å². The molecule has 0 fully saturated rings. The molecule has 1 atom stereocenters. The molecule has 1 aliphatic heterocycles. The molecule has 1 aliphatic rings. The maximum atomic E-state index is 13.3. The van der Waals surface area contributed by atoms with E-state index in [2.05, 4.69) is 15.4 Å². The van der Waals surface area contributed by atoms with Gasteiger partial charge in [-0.1, -0.05) is 12.1 Å². The first kappa shape index (κ1) is 21.8. The van der Waals surface area contributed by atoms with Gasteiger partial charge in [-0.05, 0) is 47.5 Å². The summed E-state index contributed by atoms with van der Waals surface area (Å²) in [7, 11) is 1.56. The molecule has 0 saturated heterocycles. The fraction of sp³-hybridized carbons (Fsp3) is 0.182. The van der Waals surface area contributed by atoms with Crippen molar-refractivity contribution >= 4 is 23.5 Å². The van der Waals surface area contributed by atoms with Gasteiger partial charge in [0.1, 0.15) is 5.82 Å². The van der Waals surface area contributed by atoms with Crippen LogP contribution in [0.1, 0.15) is 33.8 Å². The number of amides is 2. The lowest BCUT2D eigenvalue weighted by atomic mass is 9.85. The fourth-order valence-corrected chi connectivity index (χ4v) is 3.81. The first-order chi connectivity index (χ1) is 15.7. The second-order valence-electron chi connectivity index (χ2n) is 7.61. The van der Waals surface area contributed by atoms with E-state index in [1.54, 1.807) is 20.0 Å². The van der Waals surface area contributed by atoms with Crippen LogP contribution in [0, 0.1) is 12.7 Å². The molecule has 2 aromatic carbocycles. The van der Waals surface area contributed by atoms with Gasteiger partial charge in [-0.15, -0.1) is 10.2 Å². The molecule has 10 nitrogen and oxygen atoms in total. The van der Waals surface area contributed by atoms with Gasteiger partial charge in [-0.25, -0.2) is 9.18 Å². The van der Waals surface area contributed by atoms with E-state index < -0.39 is 29.5 Å². The standard InChI is InChI=1S/C22H19FN6O4/c1-11-7-18(16(8-14(11)20(24)31)21-25-27-28(2)26-21)29-10-17(22(32)33)15(9-19(29)30)12-3-5-13(23)6-4-12/h3-8,10,15H,9H2,1-2H3,(H2,24,31)(H,32,33)/t15-/m0/s1. The number of carboxylic acid groups (broad SMARTS) is 1. The molecule has 0 spiro atoms. The highest BCUT2D eigenvalue weighted by atomic mass is 19.1. The molecule has 0 saturated carbocycles. The van der Waals surface area contributed by atoms with Crippen molar-refractivity contribution in [3.05, 3.63) is 70.7 Å². The van der Waals surface area contributed by atoms with Gasteiger partial charge in [-0.3, -0.25) is 14.5 Å². The van der Waals surface area contributed by atoms with Crippen molar-refractivity contribution in [2.75, 3.05) is 4.90 Å². The van der Waals surface area contributed by atoms with Crippen LogP contribution in [0.2, 0.25) is 0 Å². The number of tetrazole rings is 1. The van der Waals surface area contributed by atoms with Gasteiger partial charge >= 0.3 is 5.97 Å². The maximum absolute atomic E-state index is 13.3. The number of aromatic nitrogens is 4. The minimum atomic E-state index is -1.22. The quantitative estimate of drug-likeness (QED) is 0.604. The number of carboxylic acids is 1. The number of nitrogens with zero attached hydrogens (tertiary/aromatic N) is 5. The number of hydrogen-bond acceptors (Lipinski definition) is 6. The largest absolute Gasteiger partial charge is 0.478 e. The van der Waals surface area contributed by atoms with Gasteiger partial charge in [0, 0.05) is 29.7 Å². The van der Waals surface area contributed by atoms with Crippen LogP contribution in [0.4, 0.5) is 10.1 Å². The monoisotopic (exact) mass is 450 g/mol. The SMILES string of the molecule is Cc1cc(N2C=C(C(=O)O)[C@H](c3ccc(F)cc3)CC2=O)c(-c2nnn(C)n2)cc1C(N)=O. The molecule has 33 heavy (non-hydrogen) atoms. The van der Waals surface area contributed by atoms with Crippen LogP contribution in [-0.4, -0.2) is 43.1 Å². The zero-order valence-corrected chi connectivity index (χ0v) is 17.7. The predicted octanol–water partition coefficient (Wildman–Crippen LogP) is 1.91. The van der Waals surface area contributed by atoms with Gasteiger partial charge in [0.2, 0.25) is 17.6 Å². The first-order valence-electron chi connectivity index (χ1n) is 9.87. The summed E-state index contributed by atoms with van der Waals surface area (Å²) in [5.41, 5.74) is 7.21. The summed E-state index contributed by atoms with van der Waals surface area (Å²) in [6, 6.07) is 8.36. The Balaban J connectivity index is 1.88. The summed E-state index contributed by atoms with van der Waals surface area (Å²) in [5.74, 6) is -3.37. The number of halogens is 1. The molecule has 0 radical (unpaired) electrons. The minimum Gasteiger partial charge on any atom is -0.478 e. The Bertz CT molecular complexity index is 1310. The minimum absolute atomic E-state index is 0.0455. The zero-order chi connectivity index (χ0) is 23.9. The van der Waals surface area contributed by atoms with Crippen LogP contribution >= 0.6 is 0 Å². The Labute approximate surface area is 187 Å². The number of carbonyl (C=O) groups excluding carboxylic acids is 2. The maximum Gasteiger partial charge on any atom is 0.333 e. The highest BCUT2D eigenvalue weighted by Gasteiger charge is 2.34. The number of aliphatic carboxylic acids is 1. The molecule has 11 heteroatoms. The molecule has 2 amide bonds. The van der Waals surface area contributed by atoms with Crippen molar-refractivity contribution in [3.63, 3.8) is 0 Å². The number of benzene rings is 2. The topological polar surface area (TPSA) is 144 Å². The normalized spacial score (nSPS) is 16.0. The number of carbonyl (C=O) groups is 3. The Morgan fingerprint density at radius 1 is 1.21 bits per heavy atom. The lowest BCUT2D eigenvalue weighted by Gasteiger charge is -2.31. The summed E-state index contributed by atoms with van der Waals surface area (Å²) >= 11 is 0. The summed E-state index contributed by atoms with van der Waals surface area (Å²) in [5, 5.41) is 21.8. The third-order valence-electron chi connectivity index (χ3n) is 5.43. The van der Waals surface area contributed by atoms with Gasteiger partial charge in [-0.2, -0.15) is 4.80 Å². The fourth-order valence-electron chi connectivity index (χ4n) is 3.81. The molecule has 3 N–H and O–H groups in total. The third kappa shape index (κ3) is 4.07. The van der Waals surface area contributed by atoms with Crippen molar-refractivity contribution in [1.82, 2.24) is 20.2 Å². The van der Waals surface area contributed by atoms with E-state index in [1.165, 1.54) is 46.2 Å². The molecule has 4 rings (SSSR count). The van der Waals surface area contributed by atoms with Gasteiger partial charge in [0.15, 0.2) is 0 Å². The molecule has 0 aliphatic carbocycles. The predicted molar refractivity (Wildman–Crippen MR) is 114 cm³/mol. The average Bonchev–Trinajstić information content (AvgIpc) is 3.19. The van der Waals surface area contributed by atoms with Crippen LogP contribution in [0.3, 0.4) is 0 Å². The van der Waals surface area contributed by atoms with E-state index in [0.717, 1.165) is 0 Å². The Morgan fingerprint density at radius 2 is 1.91 bits per heavy atom. The summed E-state index contributed by atoms with van der Waals surface area (Å²) in [6.07, 6.45) is 1.08. The van der Waals surface area contributed by atoms with Crippen LogP contribution in [-0.2, 0) is 16.6 Å². The zero-order valence-electron chi connectivity index (χ0n) is 17.7. The summed E-state index contributed by atoms with van der Waals surface area (Å²) in [4.78, 5) is 39.6. The Hall–Kier alpha value is -4.41. The molecule has 168 valence electrons. The van der Waals surface area contributed by atoms with Gasteiger partial charge in [0.05, 0.1) is 18.3 Å². The summed E-state index contributed by atoms with van der Waals surface area (Å²) < 4.78 is 13.3. The molecular weight excluding hydrogens is 431 g/mol. The molecule has 3 aromatic rings. The van der Waals surface area contributed by atoms with Crippen molar-refractivity contribution in [1.29, 1.82) is 0 Å². The van der Waals surface area contributed by atoms with Gasteiger partial charge < -0.3 is 10.8 Å². The first-order valence-corrected chi connectivity index (χ1v) is 9.87. The lowest BCUT2D eigenvalue weighted by molar-refractivity contribution is -0.133. The Kier molecular flexibility index (Phi) is 5.46. The lowest BCUT2D eigenvalue weighted by Crippen LogP contribution is -2.35. The van der Waals surface area contributed by atoms with Gasteiger partial charge in [0.25, 0.3) is 0 Å². The van der Waals surface area contributed by atoms with E-state index in [1.807, 2.05) is 0 Å².